The van der Waals surface area contributed by atoms with Crippen molar-refractivity contribution in [1.82, 2.24) is 0 Å². The quantitative estimate of drug-likeness (QED) is 0.0704. The van der Waals surface area contributed by atoms with Gasteiger partial charge in [-0.2, -0.15) is 23.5 Å². The van der Waals surface area contributed by atoms with Crippen LogP contribution < -0.4 is 0 Å². The third kappa shape index (κ3) is 29.4. The number of carbonyl (C=O) groups is 2. The molecular formula is C36H60O4S2. The van der Waals surface area contributed by atoms with Gasteiger partial charge in [-0.25, -0.2) is 0 Å². The van der Waals surface area contributed by atoms with Gasteiger partial charge in [-0.05, 0) is 67.6 Å². The van der Waals surface area contributed by atoms with Crippen LogP contribution in [0.5, 0.6) is 0 Å². The van der Waals surface area contributed by atoms with E-state index in [0.717, 1.165) is 47.0 Å². The lowest BCUT2D eigenvalue weighted by atomic mass is 9.86. The van der Waals surface area contributed by atoms with Crippen LogP contribution in [0.1, 0.15) is 100 Å². The third-order valence-electron chi connectivity index (χ3n) is 5.58. The lowest BCUT2D eigenvalue weighted by Crippen LogP contribution is -2.20. The summed E-state index contributed by atoms with van der Waals surface area (Å²) >= 11 is 3.89. The van der Waals surface area contributed by atoms with Gasteiger partial charge in [0.15, 0.2) is 0 Å². The highest BCUT2D eigenvalue weighted by Crippen LogP contribution is 2.28. The fourth-order valence-corrected chi connectivity index (χ4v) is 5.89. The molecule has 0 saturated heterocycles. The Hall–Kier alpha value is -2.10. The highest BCUT2D eigenvalue weighted by Gasteiger charge is 2.22. The van der Waals surface area contributed by atoms with Gasteiger partial charge in [-0.1, -0.05) is 97.0 Å². The van der Waals surface area contributed by atoms with Crippen molar-refractivity contribution in [3.8, 4) is 12.3 Å². The normalized spacial score (nSPS) is 11.4. The van der Waals surface area contributed by atoms with Crippen molar-refractivity contribution in [2.24, 2.45) is 11.3 Å². The van der Waals surface area contributed by atoms with Crippen LogP contribution in [0.4, 0.5) is 0 Å². The summed E-state index contributed by atoms with van der Waals surface area (Å²) in [6, 6.07) is 9.79. The Morgan fingerprint density at radius 3 is 2.07 bits per heavy atom. The minimum atomic E-state index is -0.127. The number of thioether (sulfide) groups is 2. The smallest absolute Gasteiger partial charge is 0.306 e. The van der Waals surface area contributed by atoms with E-state index in [2.05, 4.69) is 33.1 Å². The van der Waals surface area contributed by atoms with Crippen molar-refractivity contribution in [3.63, 3.8) is 0 Å². The molecule has 0 fully saturated rings. The number of esters is 2. The summed E-state index contributed by atoms with van der Waals surface area (Å²) in [5.74, 6) is 6.66. The van der Waals surface area contributed by atoms with Crippen LogP contribution in [-0.4, -0.2) is 41.6 Å². The Labute approximate surface area is 268 Å². The summed E-state index contributed by atoms with van der Waals surface area (Å²) in [4.78, 5) is 24.2. The fraction of sp³-hybridized carbons (Fsp3) is 0.611. The Morgan fingerprint density at radius 1 is 0.952 bits per heavy atom. The van der Waals surface area contributed by atoms with E-state index in [0.29, 0.717) is 32.0 Å². The first-order valence-corrected chi connectivity index (χ1v) is 17.6. The van der Waals surface area contributed by atoms with Gasteiger partial charge in [0.05, 0.1) is 6.42 Å². The van der Waals surface area contributed by atoms with Crippen LogP contribution in [0.25, 0.3) is 0 Å². The molecular weight excluding hydrogens is 561 g/mol. The summed E-state index contributed by atoms with van der Waals surface area (Å²) in [7, 11) is 0. The zero-order valence-electron chi connectivity index (χ0n) is 28.3. The zero-order valence-corrected chi connectivity index (χ0v) is 29.9. The number of ether oxygens (including phenoxy) is 2. The predicted molar refractivity (Wildman–Crippen MR) is 189 cm³/mol. The molecule has 0 spiro atoms. The SMILES string of the molecule is C#CC.C/C=C\C(=C/C)COC(=O)CC(C)(C)CCSCCSCCC(C)CC(=O)OCc1ccccc1.CC.CC. The highest BCUT2D eigenvalue weighted by molar-refractivity contribution is 8.02. The summed E-state index contributed by atoms with van der Waals surface area (Å²) < 4.78 is 10.8. The summed E-state index contributed by atoms with van der Waals surface area (Å²) in [6.45, 7) is 20.6. The molecule has 240 valence electrons. The molecule has 0 aromatic heterocycles. The van der Waals surface area contributed by atoms with Crippen molar-refractivity contribution >= 4 is 35.5 Å². The molecule has 0 N–H and O–H groups in total. The zero-order chi connectivity index (χ0) is 32.7. The second-order valence-electron chi connectivity index (χ2n) is 9.87. The molecule has 6 heteroatoms. The molecule has 1 aromatic rings. The van der Waals surface area contributed by atoms with E-state index in [-0.39, 0.29) is 17.4 Å². The Kier molecular flexibility index (Phi) is 33.6. The van der Waals surface area contributed by atoms with Gasteiger partial charge in [0.1, 0.15) is 13.2 Å². The van der Waals surface area contributed by atoms with E-state index in [9.17, 15) is 9.59 Å². The molecule has 4 nitrogen and oxygen atoms in total. The first kappa shape index (κ1) is 44.3. The van der Waals surface area contributed by atoms with Crippen molar-refractivity contribution in [3.05, 3.63) is 59.7 Å². The first-order valence-electron chi connectivity index (χ1n) is 15.3. The number of allylic oxidation sites excluding steroid dienone is 2. The molecule has 42 heavy (non-hydrogen) atoms. The second kappa shape index (κ2) is 31.8. The largest absolute Gasteiger partial charge is 0.461 e. The molecule has 1 aromatic carbocycles. The van der Waals surface area contributed by atoms with Gasteiger partial charge in [-0.15, -0.1) is 12.3 Å². The number of rotatable bonds is 18. The van der Waals surface area contributed by atoms with Crippen molar-refractivity contribution in [1.29, 1.82) is 0 Å². The minimum absolute atomic E-state index is 0.0571. The number of hydrogen-bond donors (Lipinski definition) is 0. The fourth-order valence-electron chi connectivity index (χ4n) is 3.27. The van der Waals surface area contributed by atoms with Gasteiger partial charge >= 0.3 is 11.9 Å². The third-order valence-corrected chi connectivity index (χ3v) is 7.84. The minimum Gasteiger partial charge on any atom is -0.461 e. The Balaban J connectivity index is -0.00000199. The summed E-state index contributed by atoms with van der Waals surface area (Å²) in [6.07, 6.45) is 13.4. The average Bonchev–Trinajstić information content (AvgIpc) is 2.98. The van der Waals surface area contributed by atoms with Crippen molar-refractivity contribution in [2.45, 2.75) is 102 Å². The second-order valence-corrected chi connectivity index (χ2v) is 12.3. The van der Waals surface area contributed by atoms with Gasteiger partial charge in [0, 0.05) is 17.9 Å². The van der Waals surface area contributed by atoms with Crippen LogP contribution >= 0.6 is 23.5 Å². The lowest BCUT2D eigenvalue weighted by Gasteiger charge is -2.23. The summed E-state index contributed by atoms with van der Waals surface area (Å²) in [5.41, 5.74) is 1.98. The van der Waals surface area contributed by atoms with E-state index in [1.54, 1.807) is 6.92 Å². The molecule has 0 amide bonds. The van der Waals surface area contributed by atoms with Crippen LogP contribution in [-0.2, 0) is 25.7 Å². The van der Waals surface area contributed by atoms with E-state index >= 15 is 0 Å². The summed E-state index contributed by atoms with van der Waals surface area (Å²) in [5, 5.41) is 0. The molecule has 0 saturated carbocycles. The number of terminal acetylenes is 1. The lowest BCUT2D eigenvalue weighted by molar-refractivity contribution is -0.146. The Morgan fingerprint density at radius 2 is 1.52 bits per heavy atom. The van der Waals surface area contributed by atoms with Crippen LogP contribution in [0.3, 0.4) is 0 Å². The van der Waals surface area contributed by atoms with E-state index < -0.39 is 0 Å². The maximum absolute atomic E-state index is 12.2. The van der Waals surface area contributed by atoms with Crippen LogP contribution in [0, 0.1) is 23.7 Å². The molecule has 0 radical (unpaired) electrons. The Bertz CT molecular complexity index is 870. The van der Waals surface area contributed by atoms with E-state index in [1.807, 2.05) is 114 Å². The number of hydrogen-bond acceptors (Lipinski definition) is 6. The number of carbonyl (C=O) groups excluding carboxylic acids is 2. The van der Waals surface area contributed by atoms with E-state index in [1.165, 1.54) is 0 Å². The molecule has 0 heterocycles. The van der Waals surface area contributed by atoms with Crippen LogP contribution in [0.2, 0.25) is 0 Å². The predicted octanol–water partition coefficient (Wildman–Crippen LogP) is 10.2. The van der Waals surface area contributed by atoms with Gasteiger partial charge < -0.3 is 9.47 Å². The highest BCUT2D eigenvalue weighted by atomic mass is 32.2. The van der Waals surface area contributed by atoms with Gasteiger partial charge in [0.25, 0.3) is 0 Å². The molecule has 0 aliphatic rings. The topological polar surface area (TPSA) is 52.6 Å². The molecule has 1 atom stereocenters. The van der Waals surface area contributed by atoms with Gasteiger partial charge in [-0.3, -0.25) is 9.59 Å². The van der Waals surface area contributed by atoms with E-state index in [4.69, 9.17) is 9.47 Å². The maximum atomic E-state index is 12.2. The average molecular weight is 621 g/mol. The number of benzene rings is 1. The molecule has 1 unspecified atom stereocenters. The molecule has 0 aliphatic carbocycles. The van der Waals surface area contributed by atoms with Crippen molar-refractivity contribution < 1.29 is 19.1 Å². The molecule has 0 aliphatic heterocycles. The molecule has 0 bridgehead atoms. The first-order chi connectivity index (χ1) is 20.2. The maximum Gasteiger partial charge on any atom is 0.306 e. The van der Waals surface area contributed by atoms with Crippen LogP contribution in [0.15, 0.2) is 54.1 Å². The van der Waals surface area contributed by atoms with Gasteiger partial charge in [0.2, 0.25) is 0 Å². The molecule has 1 rings (SSSR count). The monoisotopic (exact) mass is 620 g/mol. The standard InChI is InChI=1S/C29H44O4S2.C3H4.2C2H6/c1-6-11-25(7-2)22-33-28(31)21-29(4,5)15-17-35-19-18-34-16-14-24(3)20-27(30)32-23-26-12-9-8-10-13-26;1-3-2;2*1-2/h6-13,24H,14-23H2,1-5H3;1H,2H3;2*1-2H3/b11-6-,25-7+;;;. The van der Waals surface area contributed by atoms with Crippen molar-refractivity contribution in [2.75, 3.05) is 29.6 Å².